The Balaban J connectivity index is 1.87. The van der Waals surface area contributed by atoms with Crippen molar-refractivity contribution >= 4 is 15.9 Å². The first-order chi connectivity index (χ1) is 8.15. The number of hydrogen-bond acceptors (Lipinski definition) is 3. The Kier molecular flexibility index (Phi) is 3.86. The van der Waals surface area contributed by atoms with E-state index >= 15 is 0 Å². The molecular formula is C11H12BrFN4. The first kappa shape index (κ1) is 12.2. The van der Waals surface area contributed by atoms with Gasteiger partial charge in [0, 0.05) is 13.6 Å². The van der Waals surface area contributed by atoms with E-state index < -0.39 is 0 Å². The van der Waals surface area contributed by atoms with Crippen LogP contribution in [0, 0.1) is 5.82 Å². The van der Waals surface area contributed by atoms with Crippen LogP contribution in [0.5, 0.6) is 0 Å². The van der Waals surface area contributed by atoms with Gasteiger partial charge in [0.15, 0.2) is 5.82 Å². The molecule has 0 spiro atoms. The molecule has 1 N–H and O–H groups in total. The smallest absolute Gasteiger partial charge is 0.164 e. The third-order valence-corrected chi connectivity index (χ3v) is 2.89. The fraction of sp³-hybridized carbons (Fsp3) is 0.273. The van der Waals surface area contributed by atoms with Crippen molar-refractivity contribution in [3.8, 4) is 0 Å². The highest BCUT2D eigenvalue weighted by Crippen LogP contribution is 2.16. The van der Waals surface area contributed by atoms with Crippen LogP contribution in [0.25, 0.3) is 0 Å². The van der Waals surface area contributed by atoms with Crippen LogP contribution in [0.2, 0.25) is 0 Å². The van der Waals surface area contributed by atoms with E-state index in [1.54, 1.807) is 17.1 Å². The minimum Gasteiger partial charge on any atom is -0.306 e. The molecule has 0 saturated carbocycles. The minimum absolute atomic E-state index is 0.250. The Hall–Kier alpha value is -1.27. The Morgan fingerprint density at radius 2 is 2.24 bits per heavy atom. The van der Waals surface area contributed by atoms with Gasteiger partial charge in [0.05, 0.1) is 11.0 Å². The van der Waals surface area contributed by atoms with Gasteiger partial charge in [-0.3, -0.25) is 4.68 Å². The molecule has 0 aliphatic carbocycles. The average molecular weight is 299 g/mol. The number of nitrogens with zero attached hydrogens (tertiary/aromatic N) is 3. The summed E-state index contributed by atoms with van der Waals surface area (Å²) in [5.74, 6) is 0.477. The van der Waals surface area contributed by atoms with Crippen LogP contribution in [0.3, 0.4) is 0 Å². The molecule has 0 amide bonds. The van der Waals surface area contributed by atoms with Gasteiger partial charge in [-0.25, -0.2) is 9.37 Å². The molecular weight excluding hydrogens is 287 g/mol. The van der Waals surface area contributed by atoms with Gasteiger partial charge in [-0.1, -0.05) is 6.07 Å². The molecule has 0 aliphatic heterocycles. The molecule has 1 heterocycles. The molecule has 0 atom stereocenters. The summed E-state index contributed by atoms with van der Waals surface area (Å²) in [6.07, 6.45) is 1.65. The highest BCUT2D eigenvalue weighted by molar-refractivity contribution is 9.10. The maximum absolute atomic E-state index is 13.2. The Morgan fingerprint density at radius 3 is 2.88 bits per heavy atom. The molecule has 90 valence electrons. The van der Waals surface area contributed by atoms with Crippen molar-refractivity contribution in [3.05, 3.63) is 46.2 Å². The lowest BCUT2D eigenvalue weighted by Crippen LogP contribution is -2.14. The Morgan fingerprint density at radius 1 is 1.41 bits per heavy atom. The van der Waals surface area contributed by atoms with E-state index in [0.29, 0.717) is 17.6 Å². The molecule has 0 aliphatic rings. The normalized spacial score (nSPS) is 10.8. The Bertz CT molecular complexity index is 512. The van der Waals surface area contributed by atoms with Gasteiger partial charge >= 0.3 is 0 Å². The van der Waals surface area contributed by atoms with E-state index in [0.717, 1.165) is 11.4 Å². The molecule has 2 aromatic rings. The third kappa shape index (κ3) is 3.34. The van der Waals surface area contributed by atoms with Gasteiger partial charge in [-0.2, -0.15) is 5.10 Å². The van der Waals surface area contributed by atoms with Crippen LogP contribution < -0.4 is 5.32 Å². The van der Waals surface area contributed by atoms with Gasteiger partial charge in [0.2, 0.25) is 0 Å². The summed E-state index contributed by atoms with van der Waals surface area (Å²) in [5.41, 5.74) is 0.890. The van der Waals surface area contributed by atoms with Crippen LogP contribution >= 0.6 is 15.9 Å². The standard InChI is InChI=1S/C11H12BrFN4/c1-17-7-15-11(16-17)6-14-5-8-2-3-9(12)10(13)4-8/h2-4,7,14H,5-6H2,1H3. The van der Waals surface area contributed by atoms with Crippen LogP contribution in [-0.4, -0.2) is 14.8 Å². The zero-order valence-corrected chi connectivity index (χ0v) is 10.9. The summed E-state index contributed by atoms with van der Waals surface area (Å²) >= 11 is 3.12. The molecule has 0 radical (unpaired) electrons. The quantitative estimate of drug-likeness (QED) is 0.939. The average Bonchev–Trinajstić information content (AvgIpc) is 2.70. The predicted molar refractivity (Wildman–Crippen MR) is 65.6 cm³/mol. The number of halogens is 2. The van der Waals surface area contributed by atoms with Crippen LogP contribution in [0.4, 0.5) is 4.39 Å². The second kappa shape index (κ2) is 5.37. The number of rotatable bonds is 4. The predicted octanol–water partition coefficient (Wildman–Crippen LogP) is 2.01. The van der Waals surface area contributed by atoms with Crippen molar-refractivity contribution < 1.29 is 4.39 Å². The number of hydrogen-bond donors (Lipinski definition) is 1. The van der Waals surface area contributed by atoms with Crippen LogP contribution in [0.15, 0.2) is 29.0 Å². The van der Waals surface area contributed by atoms with E-state index in [9.17, 15) is 4.39 Å². The van der Waals surface area contributed by atoms with Crippen molar-refractivity contribution in [2.45, 2.75) is 13.1 Å². The van der Waals surface area contributed by atoms with E-state index in [2.05, 4.69) is 31.3 Å². The molecule has 0 bridgehead atoms. The van der Waals surface area contributed by atoms with E-state index in [1.807, 2.05) is 13.1 Å². The summed E-state index contributed by atoms with van der Waals surface area (Å²) in [6.45, 7) is 1.15. The lowest BCUT2D eigenvalue weighted by Gasteiger charge is -2.03. The second-order valence-electron chi connectivity index (χ2n) is 3.69. The number of benzene rings is 1. The van der Waals surface area contributed by atoms with E-state index in [4.69, 9.17) is 0 Å². The van der Waals surface area contributed by atoms with Gasteiger partial charge in [-0.05, 0) is 33.6 Å². The molecule has 1 aromatic carbocycles. The summed E-state index contributed by atoms with van der Waals surface area (Å²) in [6, 6.07) is 5.07. The highest BCUT2D eigenvalue weighted by Gasteiger charge is 2.01. The first-order valence-corrected chi connectivity index (χ1v) is 5.93. The van der Waals surface area contributed by atoms with Crippen LogP contribution in [0.1, 0.15) is 11.4 Å². The van der Waals surface area contributed by atoms with Gasteiger partial charge in [-0.15, -0.1) is 0 Å². The van der Waals surface area contributed by atoms with E-state index in [1.165, 1.54) is 6.07 Å². The SMILES string of the molecule is Cn1cnc(CNCc2ccc(Br)c(F)c2)n1. The topological polar surface area (TPSA) is 42.7 Å². The monoisotopic (exact) mass is 298 g/mol. The molecule has 1 aromatic heterocycles. The first-order valence-electron chi connectivity index (χ1n) is 5.14. The van der Waals surface area contributed by atoms with Crippen molar-refractivity contribution in [1.29, 1.82) is 0 Å². The molecule has 17 heavy (non-hydrogen) atoms. The highest BCUT2D eigenvalue weighted by atomic mass is 79.9. The largest absolute Gasteiger partial charge is 0.306 e. The maximum atomic E-state index is 13.2. The second-order valence-corrected chi connectivity index (χ2v) is 4.54. The molecule has 4 nitrogen and oxygen atoms in total. The third-order valence-electron chi connectivity index (χ3n) is 2.24. The summed E-state index contributed by atoms with van der Waals surface area (Å²) < 4.78 is 15.4. The van der Waals surface area contributed by atoms with Crippen molar-refractivity contribution in [1.82, 2.24) is 20.1 Å². The lowest BCUT2D eigenvalue weighted by molar-refractivity contribution is 0.610. The van der Waals surface area contributed by atoms with Gasteiger partial charge in [0.25, 0.3) is 0 Å². The van der Waals surface area contributed by atoms with Gasteiger partial charge < -0.3 is 5.32 Å². The van der Waals surface area contributed by atoms with Crippen molar-refractivity contribution in [2.75, 3.05) is 0 Å². The van der Waals surface area contributed by atoms with Gasteiger partial charge in [0.1, 0.15) is 12.1 Å². The van der Waals surface area contributed by atoms with Crippen molar-refractivity contribution in [3.63, 3.8) is 0 Å². The molecule has 0 unspecified atom stereocenters. The zero-order chi connectivity index (χ0) is 12.3. The fourth-order valence-corrected chi connectivity index (χ4v) is 1.68. The summed E-state index contributed by atoms with van der Waals surface area (Å²) in [5, 5.41) is 7.29. The Labute approximate surface area is 107 Å². The molecule has 2 rings (SSSR count). The summed E-state index contributed by atoms with van der Waals surface area (Å²) in [4.78, 5) is 4.09. The van der Waals surface area contributed by atoms with E-state index in [-0.39, 0.29) is 5.82 Å². The molecule has 0 fully saturated rings. The minimum atomic E-state index is -0.250. The maximum Gasteiger partial charge on any atom is 0.164 e. The zero-order valence-electron chi connectivity index (χ0n) is 9.32. The number of nitrogens with one attached hydrogen (secondary N) is 1. The fourth-order valence-electron chi connectivity index (χ4n) is 1.43. The summed E-state index contributed by atoms with van der Waals surface area (Å²) in [7, 11) is 1.82. The van der Waals surface area contributed by atoms with Crippen LogP contribution in [-0.2, 0) is 20.1 Å². The number of aromatic nitrogens is 3. The molecule has 0 saturated heterocycles. The molecule has 6 heteroatoms. The lowest BCUT2D eigenvalue weighted by atomic mass is 10.2. The number of aryl methyl sites for hydroxylation is 1. The van der Waals surface area contributed by atoms with Crippen molar-refractivity contribution in [2.24, 2.45) is 7.05 Å².